The van der Waals surface area contributed by atoms with Crippen molar-refractivity contribution in [1.29, 1.82) is 0 Å². The lowest BCUT2D eigenvalue weighted by Crippen LogP contribution is -2.41. The highest BCUT2D eigenvalue weighted by Gasteiger charge is 2.25. The number of amides is 1. The molecule has 0 bridgehead atoms. The average molecular weight is 283 g/mol. The molecule has 1 aromatic carbocycles. The van der Waals surface area contributed by atoms with Crippen LogP contribution in [0.15, 0.2) is 24.3 Å². The van der Waals surface area contributed by atoms with E-state index in [2.05, 4.69) is 5.32 Å². The number of hydrogen-bond donors (Lipinski definition) is 2. The molecule has 0 atom stereocenters. The number of nitrogens with one attached hydrogen (secondary N) is 1. The van der Waals surface area contributed by atoms with Crippen LogP contribution in [0.3, 0.4) is 0 Å². The van der Waals surface area contributed by atoms with Crippen molar-refractivity contribution >= 4 is 5.91 Å². The quantitative estimate of drug-likeness (QED) is 0.768. The Balaban J connectivity index is 2.38. The first kappa shape index (κ1) is 16.4. The van der Waals surface area contributed by atoms with Crippen LogP contribution in [0, 0.1) is 11.2 Å². The molecule has 0 unspecified atom stereocenters. The fraction of sp³-hybridized carbons (Fsp3) is 0.533. The molecule has 0 heterocycles. The summed E-state index contributed by atoms with van der Waals surface area (Å²) in [5.74, 6) is -0.157. The van der Waals surface area contributed by atoms with Crippen molar-refractivity contribution in [1.82, 2.24) is 5.32 Å². The summed E-state index contributed by atoms with van der Waals surface area (Å²) in [5, 5.41) is 12.2. The normalized spacial score (nSPS) is 11.2. The second-order valence-corrected chi connectivity index (χ2v) is 4.88. The molecule has 2 N–H and O–H groups in total. The van der Waals surface area contributed by atoms with Gasteiger partial charge in [0, 0.05) is 12.0 Å². The van der Waals surface area contributed by atoms with Gasteiger partial charge in [-0.2, -0.15) is 0 Å². The molecule has 0 aliphatic heterocycles. The van der Waals surface area contributed by atoms with Crippen LogP contribution in [0.25, 0.3) is 0 Å². The number of aliphatic hydroxyl groups excluding tert-OH is 1. The lowest BCUT2D eigenvalue weighted by atomic mass is 9.83. The zero-order valence-corrected chi connectivity index (χ0v) is 12.0. The minimum atomic E-state index is -0.347. The lowest BCUT2D eigenvalue weighted by Gasteiger charge is -2.29. The van der Waals surface area contributed by atoms with E-state index in [1.165, 1.54) is 24.3 Å². The maximum Gasteiger partial charge on any atom is 0.257 e. The number of aliphatic hydroxyl groups is 1. The first-order chi connectivity index (χ1) is 9.55. The molecule has 0 radical (unpaired) electrons. The van der Waals surface area contributed by atoms with Gasteiger partial charge in [0.1, 0.15) is 11.6 Å². The molecule has 0 aliphatic rings. The number of ether oxygens (including phenoxy) is 1. The van der Waals surface area contributed by atoms with Gasteiger partial charge in [-0.05, 0) is 37.1 Å². The third-order valence-electron chi connectivity index (χ3n) is 3.68. The molecule has 20 heavy (non-hydrogen) atoms. The van der Waals surface area contributed by atoms with Crippen LogP contribution >= 0.6 is 0 Å². The van der Waals surface area contributed by atoms with Crippen molar-refractivity contribution in [2.75, 3.05) is 19.8 Å². The summed E-state index contributed by atoms with van der Waals surface area (Å²) in [7, 11) is 0. The van der Waals surface area contributed by atoms with Crippen LogP contribution in [-0.2, 0) is 4.79 Å². The summed E-state index contributed by atoms with van der Waals surface area (Å²) >= 11 is 0. The van der Waals surface area contributed by atoms with Crippen molar-refractivity contribution < 1.29 is 19.0 Å². The maximum atomic E-state index is 12.7. The number of carbonyl (C=O) groups excluding carboxylic acids is 1. The predicted octanol–water partition coefficient (Wildman–Crippen LogP) is 2.12. The highest BCUT2D eigenvalue weighted by atomic mass is 19.1. The van der Waals surface area contributed by atoms with Gasteiger partial charge in [-0.1, -0.05) is 13.8 Å². The van der Waals surface area contributed by atoms with Gasteiger partial charge in [-0.25, -0.2) is 4.39 Å². The largest absolute Gasteiger partial charge is 0.484 e. The number of hydrogen-bond acceptors (Lipinski definition) is 3. The number of carbonyl (C=O) groups is 1. The lowest BCUT2D eigenvalue weighted by molar-refractivity contribution is -0.123. The van der Waals surface area contributed by atoms with Crippen molar-refractivity contribution in [2.24, 2.45) is 5.41 Å². The van der Waals surface area contributed by atoms with Gasteiger partial charge in [-0.3, -0.25) is 4.79 Å². The van der Waals surface area contributed by atoms with Gasteiger partial charge < -0.3 is 15.2 Å². The van der Waals surface area contributed by atoms with Crippen molar-refractivity contribution in [3.8, 4) is 5.75 Å². The zero-order valence-electron chi connectivity index (χ0n) is 12.0. The molecule has 0 saturated heterocycles. The molecular formula is C15H22FNO3. The Kier molecular flexibility index (Phi) is 6.45. The Morgan fingerprint density at radius 1 is 1.30 bits per heavy atom. The summed E-state index contributed by atoms with van der Waals surface area (Å²) < 4.78 is 17.9. The molecule has 0 spiro atoms. The van der Waals surface area contributed by atoms with E-state index in [-0.39, 0.29) is 30.4 Å². The molecule has 5 heteroatoms. The van der Waals surface area contributed by atoms with Gasteiger partial charge in [0.05, 0.1) is 6.61 Å². The minimum absolute atomic E-state index is 0.0408. The SMILES string of the molecule is CCC(CC)(CO)CNC(=O)COc1ccc(F)cc1. The molecular weight excluding hydrogens is 261 g/mol. The molecule has 1 amide bonds. The topological polar surface area (TPSA) is 58.6 Å². The fourth-order valence-corrected chi connectivity index (χ4v) is 1.80. The number of rotatable bonds is 8. The second kappa shape index (κ2) is 7.85. The van der Waals surface area contributed by atoms with Gasteiger partial charge in [0.25, 0.3) is 5.91 Å². The standard InChI is InChI=1S/C15H22FNO3/c1-3-15(4-2,11-18)10-17-14(19)9-20-13-7-5-12(16)6-8-13/h5-8,18H,3-4,9-11H2,1-2H3,(H,17,19). The van der Waals surface area contributed by atoms with Crippen LogP contribution in [0.1, 0.15) is 26.7 Å². The highest BCUT2D eigenvalue weighted by molar-refractivity contribution is 5.77. The maximum absolute atomic E-state index is 12.7. The van der Waals surface area contributed by atoms with E-state index >= 15 is 0 Å². The molecule has 0 aromatic heterocycles. The third kappa shape index (κ3) is 4.81. The summed E-state index contributed by atoms with van der Waals surface area (Å²) in [5.41, 5.74) is -0.272. The van der Waals surface area contributed by atoms with Gasteiger partial charge >= 0.3 is 0 Å². The second-order valence-electron chi connectivity index (χ2n) is 4.88. The number of benzene rings is 1. The average Bonchev–Trinajstić information content (AvgIpc) is 2.48. The van der Waals surface area contributed by atoms with E-state index in [9.17, 15) is 14.3 Å². The Morgan fingerprint density at radius 3 is 2.40 bits per heavy atom. The monoisotopic (exact) mass is 283 g/mol. The highest BCUT2D eigenvalue weighted by Crippen LogP contribution is 2.24. The molecule has 0 saturated carbocycles. The van der Waals surface area contributed by atoms with Gasteiger partial charge in [0.2, 0.25) is 0 Å². The van der Waals surface area contributed by atoms with E-state index in [1.54, 1.807) is 0 Å². The van der Waals surface area contributed by atoms with Crippen molar-refractivity contribution in [3.63, 3.8) is 0 Å². The van der Waals surface area contributed by atoms with E-state index in [0.717, 1.165) is 12.8 Å². The Morgan fingerprint density at radius 2 is 1.90 bits per heavy atom. The molecule has 1 rings (SSSR count). The Hall–Kier alpha value is -1.62. The van der Waals surface area contributed by atoms with Crippen LogP contribution < -0.4 is 10.1 Å². The molecule has 1 aromatic rings. The van der Waals surface area contributed by atoms with E-state index < -0.39 is 0 Å². The summed E-state index contributed by atoms with van der Waals surface area (Å²) in [6, 6.07) is 5.49. The van der Waals surface area contributed by atoms with Crippen LogP contribution in [0.4, 0.5) is 4.39 Å². The first-order valence-electron chi connectivity index (χ1n) is 6.81. The van der Waals surface area contributed by atoms with Crippen molar-refractivity contribution in [2.45, 2.75) is 26.7 Å². The van der Waals surface area contributed by atoms with Crippen LogP contribution in [0.2, 0.25) is 0 Å². The van der Waals surface area contributed by atoms with Gasteiger partial charge in [0.15, 0.2) is 6.61 Å². The smallest absolute Gasteiger partial charge is 0.257 e. The van der Waals surface area contributed by atoms with E-state index in [4.69, 9.17) is 4.74 Å². The van der Waals surface area contributed by atoms with Crippen LogP contribution in [0.5, 0.6) is 5.75 Å². The Bertz CT molecular complexity index is 407. The Labute approximate surface area is 119 Å². The first-order valence-corrected chi connectivity index (χ1v) is 6.81. The minimum Gasteiger partial charge on any atom is -0.484 e. The van der Waals surface area contributed by atoms with Crippen molar-refractivity contribution in [3.05, 3.63) is 30.1 Å². The van der Waals surface area contributed by atoms with E-state index in [0.29, 0.717) is 12.3 Å². The fourth-order valence-electron chi connectivity index (χ4n) is 1.80. The van der Waals surface area contributed by atoms with Gasteiger partial charge in [-0.15, -0.1) is 0 Å². The number of halogens is 1. The zero-order chi connectivity index (χ0) is 15.0. The molecule has 0 fully saturated rings. The summed E-state index contributed by atoms with van der Waals surface area (Å²) in [6.45, 7) is 4.31. The summed E-state index contributed by atoms with van der Waals surface area (Å²) in [6.07, 6.45) is 1.58. The molecule has 4 nitrogen and oxygen atoms in total. The predicted molar refractivity (Wildman–Crippen MR) is 75.0 cm³/mol. The molecule has 112 valence electrons. The van der Waals surface area contributed by atoms with Crippen LogP contribution in [-0.4, -0.2) is 30.8 Å². The third-order valence-corrected chi connectivity index (χ3v) is 3.68. The van der Waals surface area contributed by atoms with E-state index in [1.807, 2.05) is 13.8 Å². The summed E-state index contributed by atoms with van der Waals surface area (Å²) in [4.78, 5) is 11.7. The molecule has 0 aliphatic carbocycles.